The van der Waals surface area contributed by atoms with E-state index in [0.29, 0.717) is 0 Å². The third-order valence-corrected chi connectivity index (χ3v) is 4.77. The van der Waals surface area contributed by atoms with E-state index < -0.39 is 0 Å². The number of carbonyl (C=O) groups excluding carboxylic acids is 1. The van der Waals surface area contributed by atoms with Crippen LogP contribution in [0.4, 0.5) is 0 Å². The zero-order valence-electron chi connectivity index (χ0n) is 13.6. The average molecular weight is 284 g/mol. The summed E-state index contributed by atoms with van der Waals surface area (Å²) in [7, 11) is 0. The van der Waals surface area contributed by atoms with Gasteiger partial charge in [-0.25, -0.2) is 0 Å². The summed E-state index contributed by atoms with van der Waals surface area (Å²) in [6.45, 7) is 8.98. The molecule has 1 aliphatic carbocycles. The minimum Gasteiger partial charge on any atom is -0.396 e. The Bertz CT molecular complexity index is 310. The molecule has 4 nitrogen and oxygen atoms in total. The highest BCUT2D eigenvalue weighted by Crippen LogP contribution is 2.35. The van der Waals surface area contributed by atoms with Gasteiger partial charge < -0.3 is 15.7 Å². The number of nitrogens with one attached hydrogen (secondary N) is 2. The maximum atomic E-state index is 12.1. The van der Waals surface area contributed by atoms with Crippen molar-refractivity contribution < 1.29 is 9.90 Å². The molecule has 1 saturated carbocycles. The van der Waals surface area contributed by atoms with Gasteiger partial charge in [-0.1, -0.05) is 26.2 Å². The second-order valence-corrected chi connectivity index (χ2v) is 7.05. The summed E-state index contributed by atoms with van der Waals surface area (Å²) in [4.78, 5) is 12.1. The lowest BCUT2D eigenvalue weighted by molar-refractivity contribution is -0.124. The van der Waals surface area contributed by atoms with Gasteiger partial charge in [0, 0.05) is 24.1 Å². The Morgan fingerprint density at radius 1 is 1.30 bits per heavy atom. The molecule has 20 heavy (non-hydrogen) atoms. The third-order valence-electron chi connectivity index (χ3n) is 4.77. The van der Waals surface area contributed by atoms with Gasteiger partial charge in [0.2, 0.25) is 5.91 Å². The molecule has 0 aromatic carbocycles. The number of aliphatic hydroxyl groups excluding tert-OH is 1. The van der Waals surface area contributed by atoms with Crippen molar-refractivity contribution in [1.82, 2.24) is 10.6 Å². The molecule has 0 heterocycles. The van der Waals surface area contributed by atoms with Gasteiger partial charge in [0.1, 0.15) is 0 Å². The number of hydrogen-bond donors (Lipinski definition) is 3. The van der Waals surface area contributed by atoms with Crippen LogP contribution in [0.25, 0.3) is 0 Å². The number of rotatable bonds is 7. The molecule has 0 saturated heterocycles. The van der Waals surface area contributed by atoms with Crippen LogP contribution in [0.3, 0.4) is 0 Å². The second kappa shape index (κ2) is 7.41. The van der Waals surface area contributed by atoms with Crippen molar-refractivity contribution in [2.75, 3.05) is 13.2 Å². The van der Waals surface area contributed by atoms with E-state index in [2.05, 4.69) is 17.6 Å². The van der Waals surface area contributed by atoms with Crippen LogP contribution >= 0.6 is 0 Å². The molecule has 0 aromatic heterocycles. The quantitative estimate of drug-likeness (QED) is 0.672. The molecule has 1 amide bonds. The Balaban J connectivity index is 2.45. The molecule has 118 valence electrons. The Kier molecular flexibility index (Phi) is 6.46. The van der Waals surface area contributed by atoms with Crippen LogP contribution in [0.15, 0.2) is 0 Å². The first-order valence-corrected chi connectivity index (χ1v) is 8.00. The summed E-state index contributed by atoms with van der Waals surface area (Å²) in [6.07, 6.45) is 6.67. The molecule has 0 aliphatic heterocycles. The zero-order chi connectivity index (χ0) is 15.2. The fourth-order valence-electron chi connectivity index (χ4n) is 2.69. The van der Waals surface area contributed by atoms with Crippen molar-refractivity contribution in [2.24, 2.45) is 5.41 Å². The van der Waals surface area contributed by atoms with Gasteiger partial charge in [0.25, 0.3) is 0 Å². The highest BCUT2D eigenvalue weighted by molar-refractivity contribution is 5.81. The van der Waals surface area contributed by atoms with Gasteiger partial charge in [0.15, 0.2) is 0 Å². The topological polar surface area (TPSA) is 61.4 Å². The summed E-state index contributed by atoms with van der Waals surface area (Å²) in [6, 6.07) is -0.217. The number of hydrogen-bond acceptors (Lipinski definition) is 3. The molecule has 1 unspecified atom stereocenters. The Morgan fingerprint density at radius 2 is 1.90 bits per heavy atom. The number of amides is 1. The molecule has 0 aromatic rings. The average Bonchev–Trinajstić information content (AvgIpc) is 2.45. The Labute approximate surface area is 123 Å². The fourth-order valence-corrected chi connectivity index (χ4v) is 2.69. The van der Waals surface area contributed by atoms with Gasteiger partial charge in [0.05, 0.1) is 6.04 Å². The second-order valence-electron chi connectivity index (χ2n) is 7.05. The minimum absolute atomic E-state index is 0.0208. The molecule has 1 aliphatic rings. The van der Waals surface area contributed by atoms with E-state index in [-0.39, 0.29) is 29.5 Å². The molecule has 1 rings (SSSR count). The van der Waals surface area contributed by atoms with Crippen molar-refractivity contribution in [2.45, 2.75) is 77.8 Å². The van der Waals surface area contributed by atoms with Crippen LogP contribution in [0, 0.1) is 5.41 Å². The van der Waals surface area contributed by atoms with Gasteiger partial charge in [-0.15, -0.1) is 0 Å². The van der Waals surface area contributed by atoms with Crippen molar-refractivity contribution in [1.29, 1.82) is 0 Å². The number of carbonyl (C=O) groups is 1. The first-order chi connectivity index (χ1) is 9.34. The maximum Gasteiger partial charge on any atom is 0.237 e. The largest absolute Gasteiger partial charge is 0.396 e. The zero-order valence-corrected chi connectivity index (χ0v) is 13.6. The highest BCUT2D eigenvalue weighted by Gasteiger charge is 2.32. The van der Waals surface area contributed by atoms with Crippen LogP contribution in [-0.2, 0) is 4.79 Å². The van der Waals surface area contributed by atoms with Crippen LogP contribution in [0.5, 0.6) is 0 Å². The predicted octanol–water partition coefficient (Wildman–Crippen LogP) is 2.21. The summed E-state index contributed by atoms with van der Waals surface area (Å²) >= 11 is 0. The van der Waals surface area contributed by atoms with Crippen molar-refractivity contribution in [3.63, 3.8) is 0 Å². The number of aliphatic hydroxyl groups is 1. The van der Waals surface area contributed by atoms with Gasteiger partial charge in [-0.2, -0.15) is 0 Å². The summed E-state index contributed by atoms with van der Waals surface area (Å²) in [5.74, 6) is 0.0424. The SMILES string of the molecule is CCC(C)(C)NC(=O)C(C)NCC1(CO)CCCCC1. The monoisotopic (exact) mass is 284 g/mol. The first-order valence-electron chi connectivity index (χ1n) is 8.00. The summed E-state index contributed by atoms with van der Waals surface area (Å²) in [5, 5.41) is 16.1. The molecule has 4 heteroatoms. The maximum absolute atomic E-state index is 12.1. The lowest BCUT2D eigenvalue weighted by Gasteiger charge is -2.37. The smallest absolute Gasteiger partial charge is 0.237 e. The Hall–Kier alpha value is -0.610. The van der Waals surface area contributed by atoms with Crippen LogP contribution in [-0.4, -0.2) is 35.7 Å². The molecular weight excluding hydrogens is 252 g/mol. The molecule has 1 fully saturated rings. The summed E-state index contributed by atoms with van der Waals surface area (Å²) < 4.78 is 0. The van der Waals surface area contributed by atoms with Crippen LogP contribution < -0.4 is 10.6 Å². The van der Waals surface area contributed by atoms with Crippen LogP contribution in [0.1, 0.15) is 66.2 Å². The molecule has 3 N–H and O–H groups in total. The molecular formula is C16H32N2O2. The molecule has 0 bridgehead atoms. The standard InChI is InChI=1S/C16H32N2O2/c1-5-15(3,4)18-14(20)13(2)17-11-16(12-19)9-7-6-8-10-16/h13,17,19H,5-12H2,1-4H3,(H,18,20). The first kappa shape index (κ1) is 17.4. The van der Waals surface area contributed by atoms with E-state index in [9.17, 15) is 9.90 Å². The van der Waals surface area contributed by atoms with E-state index in [1.54, 1.807) is 0 Å². The normalized spacial score (nSPS) is 20.4. The minimum atomic E-state index is -0.217. The third kappa shape index (κ3) is 5.06. The van der Waals surface area contributed by atoms with Crippen LogP contribution in [0.2, 0.25) is 0 Å². The molecule has 0 radical (unpaired) electrons. The van der Waals surface area contributed by atoms with E-state index in [4.69, 9.17) is 0 Å². The van der Waals surface area contributed by atoms with Gasteiger partial charge in [-0.3, -0.25) is 4.79 Å². The summed E-state index contributed by atoms with van der Waals surface area (Å²) in [5.41, 5.74) is -0.181. The molecule has 1 atom stereocenters. The lowest BCUT2D eigenvalue weighted by Crippen LogP contribution is -2.52. The van der Waals surface area contributed by atoms with Gasteiger partial charge in [-0.05, 0) is 40.0 Å². The Morgan fingerprint density at radius 3 is 2.40 bits per heavy atom. The van der Waals surface area contributed by atoms with E-state index in [1.165, 1.54) is 19.3 Å². The van der Waals surface area contributed by atoms with Crippen molar-refractivity contribution >= 4 is 5.91 Å². The van der Waals surface area contributed by atoms with E-state index in [0.717, 1.165) is 25.8 Å². The van der Waals surface area contributed by atoms with Crippen molar-refractivity contribution in [3.8, 4) is 0 Å². The fraction of sp³-hybridized carbons (Fsp3) is 0.938. The van der Waals surface area contributed by atoms with E-state index >= 15 is 0 Å². The van der Waals surface area contributed by atoms with Gasteiger partial charge >= 0.3 is 0 Å². The molecule has 0 spiro atoms. The predicted molar refractivity (Wildman–Crippen MR) is 82.6 cm³/mol. The van der Waals surface area contributed by atoms with E-state index in [1.807, 2.05) is 20.8 Å². The lowest BCUT2D eigenvalue weighted by atomic mass is 9.74. The highest BCUT2D eigenvalue weighted by atomic mass is 16.3. The van der Waals surface area contributed by atoms with Crippen molar-refractivity contribution in [3.05, 3.63) is 0 Å².